The van der Waals surface area contributed by atoms with Gasteiger partial charge in [-0.1, -0.05) is 44.9 Å². The molecule has 1 aliphatic carbocycles. The van der Waals surface area contributed by atoms with Gasteiger partial charge in [-0.05, 0) is 18.9 Å². The number of imidazole rings is 1. The summed E-state index contributed by atoms with van der Waals surface area (Å²) in [5.74, 6) is 2.16. The number of aromatic nitrogens is 2. The highest BCUT2D eigenvalue weighted by Crippen LogP contribution is 2.27. The zero-order valence-corrected chi connectivity index (χ0v) is 11.5. The maximum Gasteiger partial charge on any atom is 0.106 e. The Labute approximate surface area is 111 Å². The number of unbranched alkanes of at least 4 members (excludes halogenated alkanes) is 1. The van der Waals surface area contributed by atoms with E-state index in [1.807, 2.05) is 6.20 Å². The van der Waals surface area contributed by atoms with Crippen LogP contribution < -0.4 is 5.73 Å². The molecule has 1 aromatic heterocycles. The number of nitrogens with zero attached hydrogens (tertiary/aromatic N) is 1. The Balaban J connectivity index is 1.59. The zero-order chi connectivity index (χ0) is 12.6. The maximum atomic E-state index is 5.53. The second-order valence-electron chi connectivity index (χ2n) is 5.64. The number of rotatable bonds is 7. The van der Waals surface area contributed by atoms with Crippen molar-refractivity contribution in [3.63, 3.8) is 0 Å². The predicted molar refractivity (Wildman–Crippen MR) is 75.5 cm³/mol. The highest BCUT2D eigenvalue weighted by atomic mass is 14.9. The van der Waals surface area contributed by atoms with E-state index in [1.54, 1.807) is 0 Å². The average Bonchev–Trinajstić information content (AvgIpc) is 2.84. The highest BCUT2D eigenvalue weighted by molar-refractivity contribution is 5.01. The number of aromatic amines is 1. The molecule has 0 amide bonds. The molecule has 2 rings (SSSR count). The molecule has 18 heavy (non-hydrogen) atoms. The summed E-state index contributed by atoms with van der Waals surface area (Å²) in [5, 5.41) is 0. The van der Waals surface area contributed by atoms with Crippen LogP contribution >= 0.6 is 0 Å². The molecule has 3 nitrogen and oxygen atoms in total. The molecule has 0 radical (unpaired) electrons. The highest BCUT2D eigenvalue weighted by Gasteiger charge is 2.12. The van der Waals surface area contributed by atoms with E-state index in [0.29, 0.717) is 6.54 Å². The van der Waals surface area contributed by atoms with Crippen LogP contribution in [0.15, 0.2) is 6.20 Å². The number of nitrogens with one attached hydrogen (secondary N) is 1. The summed E-state index contributed by atoms with van der Waals surface area (Å²) in [5.41, 5.74) is 6.71. The van der Waals surface area contributed by atoms with E-state index in [-0.39, 0.29) is 0 Å². The standard InChI is InChI=1S/C15H27N3/c16-11-10-14-12-17-15(18-14)9-5-4-8-13-6-2-1-3-7-13/h12-13H,1-11,16H2,(H,17,18). The fraction of sp³-hybridized carbons (Fsp3) is 0.800. The van der Waals surface area contributed by atoms with Crippen molar-refractivity contribution in [2.45, 2.75) is 64.2 Å². The zero-order valence-electron chi connectivity index (χ0n) is 11.5. The summed E-state index contributed by atoms with van der Waals surface area (Å²) < 4.78 is 0. The molecule has 0 saturated heterocycles. The van der Waals surface area contributed by atoms with Gasteiger partial charge in [0, 0.05) is 24.7 Å². The first kappa shape index (κ1) is 13.6. The fourth-order valence-corrected chi connectivity index (χ4v) is 3.02. The Morgan fingerprint density at radius 1 is 1.17 bits per heavy atom. The van der Waals surface area contributed by atoms with Crippen LogP contribution in [0.2, 0.25) is 0 Å². The van der Waals surface area contributed by atoms with Crippen molar-refractivity contribution in [2.75, 3.05) is 6.54 Å². The van der Waals surface area contributed by atoms with Gasteiger partial charge in [0.25, 0.3) is 0 Å². The topological polar surface area (TPSA) is 54.7 Å². The van der Waals surface area contributed by atoms with E-state index < -0.39 is 0 Å². The summed E-state index contributed by atoms with van der Waals surface area (Å²) in [6, 6.07) is 0. The van der Waals surface area contributed by atoms with Gasteiger partial charge in [-0.15, -0.1) is 0 Å². The van der Waals surface area contributed by atoms with Crippen LogP contribution in [0.1, 0.15) is 62.9 Å². The van der Waals surface area contributed by atoms with E-state index in [2.05, 4.69) is 9.97 Å². The molecule has 1 aromatic rings. The third kappa shape index (κ3) is 4.45. The number of hydrogen-bond acceptors (Lipinski definition) is 2. The van der Waals surface area contributed by atoms with Crippen molar-refractivity contribution < 1.29 is 0 Å². The molecule has 1 fully saturated rings. The van der Waals surface area contributed by atoms with Crippen molar-refractivity contribution >= 4 is 0 Å². The van der Waals surface area contributed by atoms with E-state index in [1.165, 1.54) is 57.1 Å². The van der Waals surface area contributed by atoms with Crippen molar-refractivity contribution in [1.82, 2.24) is 9.97 Å². The maximum absolute atomic E-state index is 5.53. The van der Waals surface area contributed by atoms with Crippen LogP contribution in [0.25, 0.3) is 0 Å². The van der Waals surface area contributed by atoms with E-state index in [4.69, 9.17) is 5.73 Å². The van der Waals surface area contributed by atoms with Gasteiger partial charge in [-0.3, -0.25) is 0 Å². The molecule has 3 heteroatoms. The molecule has 0 aliphatic heterocycles. The third-order valence-corrected chi connectivity index (χ3v) is 4.10. The van der Waals surface area contributed by atoms with Crippen molar-refractivity contribution in [2.24, 2.45) is 11.7 Å². The first-order chi connectivity index (χ1) is 8.88. The van der Waals surface area contributed by atoms with E-state index in [9.17, 15) is 0 Å². The molecule has 0 spiro atoms. The molecular weight excluding hydrogens is 222 g/mol. The van der Waals surface area contributed by atoms with E-state index >= 15 is 0 Å². The first-order valence-electron chi connectivity index (χ1n) is 7.61. The Kier molecular flexibility index (Phi) is 5.72. The molecule has 102 valence electrons. The predicted octanol–water partition coefficient (Wildman–Crippen LogP) is 3.20. The van der Waals surface area contributed by atoms with E-state index in [0.717, 1.165) is 24.6 Å². The molecule has 1 aliphatic rings. The average molecular weight is 249 g/mol. The summed E-state index contributed by atoms with van der Waals surface area (Å²) in [4.78, 5) is 7.77. The van der Waals surface area contributed by atoms with Crippen LogP contribution in [0.5, 0.6) is 0 Å². The lowest BCUT2D eigenvalue weighted by atomic mass is 9.85. The fourth-order valence-electron chi connectivity index (χ4n) is 3.02. The Morgan fingerprint density at radius 3 is 2.78 bits per heavy atom. The largest absolute Gasteiger partial charge is 0.346 e. The van der Waals surface area contributed by atoms with Crippen molar-refractivity contribution in [3.8, 4) is 0 Å². The second-order valence-corrected chi connectivity index (χ2v) is 5.64. The number of hydrogen-bond donors (Lipinski definition) is 2. The minimum absolute atomic E-state index is 0.698. The normalized spacial score (nSPS) is 17.2. The minimum Gasteiger partial charge on any atom is -0.346 e. The van der Waals surface area contributed by atoms with Gasteiger partial charge in [-0.2, -0.15) is 0 Å². The van der Waals surface area contributed by atoms with Crippen LogP contribution in [-0.4, -0.2) is 16.5 Å². The Hall–Kier alpha value is -0.830. The third-order valence-electron chi connectivity index (χ3n) is 4.10. The van der Waals surface area contributed by atoms with Gasteiger partial charge >= 0.3 is 0 Å². The number of aryl methyl sites for hydroxylation is 1. The quantitative estimate of drug-likeness (QED) is 0.729. The smallest absolute Gasteiger partial charge is 0.106 e. The number of H-pyrrole nitrogens is 1. The van der Waals surface area contributed by atoms with Gasteiger partial charge in [0.1, 0.15) is 5.82 Å². The molecular formula is C15H27N3. The summed E-state index contributed by atoms with van der Waals surface area (Å²) >= 11 is 0. The summed E-state index contributed by atoms with van der Waals surface area (Å²) in [6.07, 6.45) is 15.3. The van der Waals surface area contributed by atoms with Crippen LogP contribution in [-0.2, 0) is 12.8 Å². The van der Waals surface area contributed by atoms with Gasteiger partial charge in [0.15, 0.2) is 0 Å². The van der Waals surface area contributed by atoms with Crippen LogP contribution in [0.4, 0.5) is 0 Å². The van der Waals surface area contributed by atoms with Crippen LogP contribution in [0, 0.1) is 5.92 Å². The lowest BCUT2D eigenvalue weighted by molar-refractivity contribution is 0.329. The minimum atomic E-state index is 0.698. The molecule has 0 bridgehead atoms. The van der Waals surface area contributed by atoms with Crippen LogP contribution in [0.3, 0.4) is 0 Å². The lowest BCUT2D eigenvalue weighted by Crippen LogP contribution is -2.06. The summed E-state index contributed by atoms with van der Waals surface area (Å²) in [7, 11) is 0. The van der Waals surface area contributed by atoms with Gasteiger partial charge in [-0.25, -0.2) is 4.98 Å². The molecule has 0 aromatic carbocycles. The Bertz CT molecular complexity index is 326. The van der Waals surface area contributed by atoms with Gasteiger partial charge in [0.2, 0.25) is 0 Å². The number of nitrogens with two attached hydrogens (primary N) is 1. The second kappa shape index (κ2) is 7.57. The molecule has 3 N–H and O–H groups in total. The van der Waals surface area contributed by atoms with Gasteiger partial charge in [0.05, 0.1) is 0 Å². The monoisotopic (exact) mass is 249 g/mol. The molecule has 0 atom stereocenters. The Morgan fingerprint density at radius 2 is 2.00 bits per heavy atom. The molecule has 0 unspecified atom stereocenters. The summed E-state index contributed by atoms with van der Waals surface area (Å²) in [6.45, 7) is 0.698. The van der Waals surface area contributed by atoms with Gasteiger partial charge < -0.3 is 10.7 Å². The molecule has 1 heterocycles. The lowest BCUT2D eigenvalue weighted by Gasteiger charge is -2.21. The molecule has 1 saturated carbocycles. The first-order valence-corrected chi connectivity index (χ1v) is 7.61. The SMILES string of the molecule is NCCc1cnc(CCCCC2CCCCC2)[nH]1. The van der Waals surface area contributed by atoms with Crippen molar-refractivity contribution in [3.05, 3.63) is 17.7 Å². The van der Waals surface area contributed by atoms with Crippen molar-refractivity contribution in [1.29, 1.82) is 0 Å².